The van der Waals surface area contributed by atoms with Gasteiger partial charge in [0.1, 0.15) is 11.5 Å². The molecule has 0 spiro atoms. The predicted molar refractivity (Wildman–Crippen MR) is 114 cm³/mol. The standard InChI is InChI=1S/C26H30O3/c1-6-9-16-10-7-8-11-17(16)22-23-18(27)12-25(2,3)14-20(23)29-21-15-26(4,5)13-19(28)24(21)22/h6-8,10-11,22H,1,9,12-15H2,2-5H3. The smallest absolute Gasteiger partial charge is 0.163 e. The Bertz CT molecular complexity index is 919. The van der Waals surface area contributed by atoms with E-state index in [0.29, 0.717) is 30.4 Å². The van der Waals surface area contributed by atoms with Crippen molar-refractivity contribution in [3.05, 3.63) is 70.7 Å². The summed E-state index contributed by atoms with van der Waals surface area (Å²) in [5.74, 6) is 1.44. The van der Waals surface area contributed by atoms with E-state index in [4.69, 9.17) is 4.74 Å². The summed E-state index contributed by atoms with van der Waals surface area (Å²) in [4.78, 5) is 26.6. The molecule has 0 unspecified atom stereocenters. The maximum absolute atomic E-state index is 13.3. The Hall–Kier alpha value is -2.42. The van der Waals surface area contributed by atoms with Crippen molar-refractivity contribution in [1.82, 2.24) is 0 Å². The second-order valence-corrected chi connectivity index (χ2v) is 10.3. The van der Waals surface area contributed by atoms with Crippen molar-refractivity contribution in [1.29, 1.82) is 0 Å². The number of Topliss-reactive ketones (excluding diaryl/α,β-unsaturated/α-hetero) is 2. The molecule has 0 saturated heterocycles. The van der Waals surface area contributed by atoms with Gasteiger partial charge in [-0.25, -0.2) is 0 Å². The fourth-order valence-corrected chi connectivity index (χ4v) is 5.14. The van der Waals surface area contributed by atoms with Crippen LogP contribution in [0.5, 0.6) is 0 Å². The molecule has 0 saturated carbocycles. The number of allylic oxidation sites excluding steroid dienone is 5. The number of ether oxygens (including phenoxy) is 1. The van der Waals surface area contributed by atoms with Crippen LogP contribution >= 0.6 is 0 Å². The van der Waals surface area contributed by atoms with Gasteiger partial charge < -0.3 is 4.74 Å². The number of benzene rings is 1. The Kier molecular flexibility index (Phi) is 4.68. The van der Waals surface area contributed by atoms with Crippen LogP contribution in [-0.2, 0) is 20.7 Å². The number of hydrogen-bond acceptors (Lipinski definition) is 3. The van der Waals surface area contributed by atoms with Gasteiger partial charge in [-0.15, -0.1) is 6.58 Å². The maximum Gasteiger partial charge on any atom is 0.163 e. The monoisotopic (exact) mass is 390 g/mol. The van der Waals surface area contributed by atoms with Gasteiger partial charge in [-0.2, -0.15) is 0 Å². The van der Waals surface area contributed by atoms with Crippen LogP contribution < -0.4 is 0 Å². The van der Waals surface area contributed by atoms with E-state index in [1.165, 1.54) is 0 Å². The molecule has 29 heavy (non-hydrogen) atoms. The SMILES string of the molecule is C=CCc1ccccc1C1C2=C(CC(C)(C)CC2=O)OC2=C1C(=O)CC(C)(C)C2. The molecular weight excluding hydrogens is 360 g/mol. The van der Waals surface area contributed by atoms with Gasteiger partial charge in [0, 0.05) is 42.7 Å². The second kappa shape index (κ2) is 6.83. The third-order valence-electron chi connectivity index (χ3n) is 6.31. The van der Waals surface area contributed by atoms with Crippen LogP contribution in [0.15, 0.2) is 59.6 Å². The molecule has 152 valence electrons. The van der Waals surface area contributed by atoms with E-state index in [9.17, 15) is 9.59 Å². The Morgan fingerprint density at radius 3 is 1.97 bits per heavy atom. The Morgan fingerprint density at radius 2 is 1.45 bits per heavy atom. The third kappa shape index (κ3) is 3.52. The van der Waals surface area contributed by atoms with Crippen LogP contribution in [0, 0.1) is 10.8 Å². The van der Waals surface area contributed by atoms with Crippen LogP contribution in [-0.4, -0.2) is 11.6 Å². The first kappa shape index (κ1) is 19.9. The molecule has 0 fully saturated rings. The zero-order valence-electron chi connectivity index (χ0n) is 17.9. The minimum absolute atomic E-state index is 0.110. The highest BCUT2D eigenvalue weighted by Gasteiger charge is 2.48. The van der Waals surface area contributed by atoms with Gasteiger partial charge in [-0.05, 0) is 28.4 Å². The number of carbonyl (C=O) groups is 2. The lowest BCUT2D eigenvalue weighted by molar-refractivity contribution is -0.120. The molecule has 0 atom stereocenters. The largest absolute Gasteiger partial charge is 0.465 e. The number of carbonyl (C=O) groups excluding carboxylic acids is 2. The van der Waals surface area contributed by atoms with Gasteiger partial charge in [-0.3, -0.25) is 9.59 Å². The first-order valence-electron chi connectivity index (χ1n) is 10.5. The maximum atomic E-state index is 13.3. The van der Waals surface area contributed by atoms with Crippen molar-refractivity contribution in [3.63, 3.8) is 0 Å². The van der Waals surface area contributed by atoms with Gasteiger partial charge in [0.25, 0.3) is 0 Å². The summed E-state index contributed by atoms with van der Waals surface area (Å²) in [5, 5.41) is 0. The normalized spacial score (nSPS) is 23.4. The van der Waals surface area contributed by atoms with Crippen LogP contribution in [0.2, 0.25) is 0 Å². The first-order chi connectivity index (χ1) is 13.6. The second-order valence-electron chi connectivity index (χ2n) is 10.3. The topological polar surface area (TPSA) is 43.4 Å². The van der Waals surface area contributed by atoms with Crippen molar-refractivity contribution in [2.45, 2.75) is 65.7 Å². The van der Waals surface area contributed by atoms with Crippen molar-refractivity contribution >= 4 is 11.6 Å². The zero-order chi connectivity index (χ0) is 21.0. The van der Waals surface area contributed by atoms with Crippen LogP contribution in [0.3, 0.4) is 0 Å². The minimum atomic E-state index is -0.322. The average molecular weight is 391 g/mol. The zero-order valence-corrected chi connectivity index (χ0v) is 17.9. The first-order valence-corrected chi connectivity index (χ1v) is 10.5. The van der Waals surface area contributed by atoms with Gasteiger partial charge in [-0.1, -0.05) is 58.0 Å². The molecule has 1 heterocycles. The van der Waals surface area contributed by atoms with E-state index in [0.717, 1.165) is 35.5 Å². The highest BCUT2D eigenvalue weighted by Crippen LogP contribution is 2.53. The molecule has 3 nitrogen and oxygen atoms in total. The van der Waals surface area contributed by atoms with Crippen LogP contribution in [0.25, 0.3) is 0 Å². The highest BCUT2D eigenvalue weighted by molar-refractivity contribution is 6.06. The summed E-state index contributed by atoms with van der Waals surface area (Å²) in [6.45, 7) is 12.3. The quantitative estimate of drug-likeness (QED) is 0.611. The molecule has 3 heteroatoms. The van der Waals surface area contributed by atoms with Crippen molar-refractivity contribution in [2.24, 2.45) is 10.8 Å². The van der Waals surface area contributed by atoms with E-state index in [-0.39, 0.29) is 28.3 Å². The molecule has 0 bridgehead atoms. The van der Waals surface area contributed by atoms with E-state index < -0.39 is 0 Å². The van der Waals surface area contributed by atoms with Gasteiger partial charge >= 0.3 is 0 Å². The van der Waals surface area contributed by atoms with Crippen LogP contribution in [0.4, 0.5) is 0 Å². The Balaban J connectivity index is 1.95. The van der Waals surface area contributed by atoms with E-state index in [2.05, 4.69) is 46.4 Å². The molecule has 0 radical (unpaired) electrons. The van der Waals surface area contributed by atoms with E-state index in [1.807, 2.05) is 18.2 Å². The summed E-state index contributed by atoms with van der Waals surface area (Å²) in [5.41, 5.74) is 3.29. The lowest BCUT2D eigenvalue weighted by Gasteiger charge is -2.43. The molecule has 1 aromatic carbocycles. The molecular formula is C26H30O3. The van der Waals surface area contributed by atoms with E-state index in [1.54, 1.807) is 0 Å². The molecule has 3 aliphatic rings. The predicted octanol–water partition coefficient (Wildman–Crippen LogP) is 5.82. The highest BCUT2D eigenvalue weighted by atomic mass is 16.5. The average Bonchev–Trinajstić information content (AvgIpc) is 2.58. The molecule has 0 N–H and O–H groups in total. The third-order valence-corrected chi connectivity index (χ3v) is 6.31. The molecule has 1 aliphatic heterocycles. The van der Waals surface area contributed by atoms with Gasteiger partial charge in [0.15, 0.2) is 11.6 Å². The number of hydrogen-bond donors (Lipinski definition) is 0. The van der Waals surface area contributed by atoms with Crippen molar-refractivity contribution in [3.8, 4) is 0 Å². The Morgan fingerprint density at radius 1 is 0.931 bits per heavy atom. The lowest BCUT2D eigenvalue weighted by Crippen LogP contribution is -2.37. The molecule has 2 aliphatic carbocycles. The molecule has 0 amide bonds. The minimum Gasteiger partial charge on any atom is -0.465 e. The van der Waals surface area contributed by atoms with E-state index >= 15 is 0 Å². The summed E-state index contributed by atoms with van der Waals surface area (Å²) in [7, 11) is 0. The van der Waals surface area contributed by atoms with Crippen molar-refractivity contribution < 1.29 is 14.3 Å². The lowest BCUT2D eigenvalue weighted by atomic mass is 9.65. The number of rotatable bonds is 3. The van der Waals surface area contributed by atoms with Gasteiger partial charge in [0.2, 0.25) is 0 Å². The fraction of sp³-hybridized carbons (Fsp3) is 0.462. The van der Waals surface area contributed by atoms with Crippen molar-refractivity contribution in [2.75, 3.05) is 0 Å². The van der Waals surface area contributed by atoms with Gasteiger partial charge in [0.05, 0.1) is 0 Å². The number of ketones is 2. The molecule has 0 aromatic heterocycles. The molecule has 1 aromatic rings. The summed E-state index contributed by atoms with van der Waals surface area (Å²) in [6, 6.07) is 8.13. The fourth-order valence-electron chi connectivity index (χ4n) is 5.14. The summed E-state index contributed by atoms with van der Waals surface area (Å²) in [6.07, 6.45) is 4.99. The van der Waals surface area contributed by atoms with Crippen LogP contribution in [0.1, 0.15) is 70.4 Å². The summed E-state index contributed by atoms with van der Waals surface area (Å²) < 4.78 is 6.36. The molecule has 4 rings (SSSR count). The Labute approximate surface area is 173 Å². The summed E-state index contributed by atoms with van der Waals surface area (Å²) >= 11 is 0.